The van der Waals surface area contributed by atoms with Gasteiger partial charge in [-0.3, -0.25) is 4.40 Å². The summed E-state index contributed by atoms with van der Waals surface area (Å²) in [5, 5.41) is 4.57. The van der Waals surface area contributed by atoms with E-state index in [0.717, 1.165) is 10.7 Å². The summed E-state index contributed by atoms with van der Waals surface area (Å²) >= 11 is 1.66. The first-order chi connectivity index (χ1) is 8.90. The van der Waals surface area contributed by atoms with Gasteiger partial charge in [-0.2, -0.15) is 0 Å². The highest BCUT2D eigenvalue weighted by molar-refractivity contribution is 7.15. The second-order valence-electron chi connectivity index (χ2n) is 4.28. The SMILES string of the molecule is c1ccc2cc(-c3cn4ccsc4n3)ccc2c1. The van der Waals surface area contributed by atoms with Gasteiger partial charge in [-0.05, 0) is 16.8 Å². The summed E-state index contributed by atoms with van der Waals surface area (Å²) in [6, 6.07) is 14.9. The Morgan fingerprint density at radius 2 is 1.89 bits per heavy atom. The minimum atomic E-state index is 1.03. The predicted molar refractivity (Wildman–Crippen MR) is 76.0 cm³/mol. The van der Waals surface area contributed by atoms with Crippen LogP contribution in [0.15, 0.2) is 60.2 Å². The third-order valence-electron chi connectivity index (χ3n) is 3.14. The molecule has 2 nitrogen and oxygen atoms in total. The zero-order valence-corrected chi connectivity index (χ0v) is 10.4. The van der Waals surface area contributed by atoms with Crippen LogP contribution >= 0.6 is 11.3 Å². The quantitative estimate of drug-likeness (QED) is 0.494. The predicted octanol–water partition coefficient (Wildman–Crippen LogP) is 4.22. The average Bonchev–Trinajstić information content (AvgIpc) is 2.99. The molecule has 2 heterocycles. The minimum Gasteiger partial charge on any atom is -0.297 e. The number of fused-ring (bicyclic) bond motifs is 2. The maximum Gasteiger partial charge on any atom is 0.194 e. The van der Waals surface area contributed by atoms with E-state index >= 15 is 0 Å². The van der Waals surface area contributed by atoms with E-state index in [9.17, 15) is 0 Å². The summed E-state index contributed by atoms with van der Waals surface area (Å²) in [6.45, 7) is 0. The zero-order valence-electron chi connectivity index (χ0n) is 9.58. The Labute approximate surface area is 108 Å². The molecule has 2 aromatic heterocycles. The summed E-state index contributed by atoms with van der Waals surface area (Å²) in [6.07, 6.45) is 4.12. The lowest BCUT2D eigenvalue weighted by molar-refractivity contribution is 1.23. The van der Waals surface area contributed by atoms with Crippen LogP contribution in [0, 0.1) is 0 Å². The van der Waals surface area contributed by atoms with Gasteiger partial charge in [-0.15, -0.1) is 11.3 Å². The van der Waals surface area contributed by atoms with Crippen LogP contribution in [0.4, 0.5) is 0 Å². The van der Waals surface area contributed by atoms with Crippen molar-refractivity contribution in [3.63, 3.8) is 0 Å². The Morgan fingerprint density at radius 3 is 2.78 bits per heavy atom. The van der Waals surface area contributed by atoms with Gasteiger partial charge in [0.25, 0.3) is 0 Å². The standard InChI is InChI=1S/C15H10N2S/c1-2-4-12-9-13(6-5-11(12)3-1)14-10-17-7-8-18-15(17)16-14/h1-10H. The first-order valence-corrected chi connectivity index (χ1v) is 6.69. The number of hydrogen-bond donors (Lipinski definition) is 0. The van der Waals surface area contributed by atoms with Crippen LogP contribution < -0.4 is 0 Å². The van der Waals surface area contributed by atoms with Gasteiger partial charge in [0.15, 0.2) is 4.96 Å². The van der Waals surface area contributed by atoms with Crippen LogP contribution in [0.1, 0.15) is 0 Å². The molecule has 0 bridgehead atoms. The van der Waals surface area contributed by atoms with Gasteiger partial charge in [0, 0.05) is 23.3 Å². The Hall–Kier alpha value is -2.13. The number of hydrogen-bond acceptors (Lipinski definition) is 2. The number of imidazole rings is 1. The highest BCUT2D eigenvalue weighted by Crippen LogP contribution is 2.25. The molecule has 86 valence electrons. The normalized spacial score (nSPS) is 11.3. The molecule has 0 aliphatic rings. The van der Waals surface area contributed by atoms with Gasteiger partial charge < -0.3 is 0 Å². The van der Waals surface area contributed by atoms with E-state index in [0.29, 0.717) is 0 Å². The molecule has 0 saturated carbocycles. The van der Waals surface area contributed by atoms with Crippen LogP contribution in [0.2, 0.25) is 0 Å². The van der Waals surface area contributed by atoms with Crippen molar-refractivity contribution in [2.45, 2.75) is 0 Å². The van der Waals surface area contributed by atoms with E-state index in [1.807, 2.05) is 11.6 Å². The first kappa shape index (κ1) is 9.85. The van der Waals surface area contributed by atoms with Gasteiger partial charge in [-0.25, -0.2) is 4.98 Å². The number of rotatable bonds is 1. The topological polar surface area (TPSA) is 17.3 Å². The zero-order chi connectivity index (χ0) is 11.9. The molecule has 4 rings (SSSR count). The van der Waals surface area contributed by atoms with Gasteiger partial charge >= 0.3 is 0 Å². The lowest BCUT2D eigenvalue weighted by atomic mass is 10.1. The van der Waals surface area contributed by atoms with Gasteiger partial charge in [0.2, 0.25) is 0 Å². The summed E-state index contributed by atoms with van der Waals surface area (Å²) < 4.78 is 2.06. The van der Waals surface area contributed by atoms with E-state index in [4.69, 9.17) is 0 Å². The molecule has 18 heavy (non-hydrogen) atoms. The maximum absolute atomic E-state index is 4.63. The van der Waals surface area contributed by atoms with E-state index in [1.54, 1.807) is 11.3 Å². The van der Waals surface area contributed by atoms with Crippen molar-refractivity contribution in [1.82, 2.24) is 9.38 Å². The third-order valence-corrected chi connectivity index (χ3v) is 3.91. The Kier molecular flexibility index (Phi) is 2.02. The third kappa shape index (κ3) is 1.45. The number of aromatic nitrogens is 2. The molecule has 0 amide bonds. The molecule has 0 N–H and O–H groups in total. The second kappa shape index (κ2) is 3.68. The van der Waals surface area contributed by atoms with Crippen LogP contribution in [-0.4, -0.2) is 9.38 Å². The lowest BCUT2D eigenvalue weighted by Gasteiger charge is -2.00. The second-order valence-corrected chi connectivity index (χ2v) is 5.15. The smallest absolute Gasteiger partial charge is 0.194 e. The Bertz CT molecular complexity index is 813. The van der Waals surface area contributed by atoms with Crippen molar-refractivity contribution in [1.29, 1.82) is 0 Å². The van der Waals surface area contributed by atoms with Crippen molar-refractivity contribution >= 4 is 27.1 Å². The average molecular weight is 250 g/mol. The molecule has 3 heteroatoms. The molecule has 0 saturated heterocycles. The maximum atomic E-state index is 4.63. The highest BCUT2D eigenvalue weighted by atomic mass is 32.1. The van der Waals surface area contributed by atoms with Crippen molar-refractivity contribution in [3.8, 4) is 11.3 Å². The first-order valence-electron chi connectivity index (χ1n) is 5.81. The van der Waals surface area contributed by atoms with Gasteiger partial charge in [0.05, 0.1) is 5.69 Å². The number of nitrogens with zero attached hydrogens (tertiary/aromatic N) is 2. The van der Waals surface area contributed by atoms with Crippen LogP contribution in [0.25, 0.3) is 27.0 Å². The lowest BCUT2D eigenvalue weighted by Crippen LogP contribution is -1.78. The van der Waals surface area contributed by atoms with Crippen LogP contribution in [0.3, 0.4) is 0 Å². The summed E-state index contributed by atoms with van der Waals surface area (Å²) in [5.41, 5.74) is 2.21. The van der Waals surface area contributed by atoms with E-state index in [-0.39, 0.29) is 0 Å². The fourth-order valence-corrected chi connectivity index (χ4v) is 2.92. The van der Waals surface area contributed by atoms with Crippen molar-refractivity contribution < 1.29 is 0 Å². The summed E-state index contributed by atoms with van der Waals surface area (Å²) in [5.74, 6) is 0. The molecule has 0 unspecified atom stereocenters. The van der Waals surface area contributed by atoms with Crippen LogP contribution in [0.5, 0.6) is 0 Å². The molecule has 2 aromatic carbocycles. The molecule has 0 aliphatic carbocycles. The molecule has 0 aliphatic heterocycles. The number of thiazole rings is 1. The summed E-state index contributed by atoms with van der Waals surface area (Å²) in [7, 11) is 0. The van der Waals surface area contributed by atoms with Crippen molar-refractivity contribution in [3.05, 3.63) is 60.2 Å². The van der Waals surface area contributed by atoms with E-state index < -0.39 is 0 Å². The molecule has 0 radical (unpaired) electrons. The van der Waals surface area contributed by atoms with Gasteiger partial charge in [-0.1, -0.05) is 36.4 Å². The van der Waals surface area contributed by atoms with Crippen molar-refractivity contribution in [2.75, 3.05) is 0 Å². The highest BCUT2D eigenvalue weighted by Gasteiger charge is 2.05. The molecule has 0 spiro atoms. The fraction of sp³-hybridized carbons (Fsp3) is 0. The van der Waals surface area contributed by atoms with Gasteiger partial charge in [0.1, 0.15) is 0 Å². The minimum absolute atomic E-state index is 1.03. The largest absolute Gasteiger partial charge is 0.297 e. The Balaban J connectivity index is 1.93. The molecule has 4 aromatic rings. The Morgan fingerprint density at radius 1 is 1.00 bits per heavy atom. The molecular formula is C15H10N2S. The van der Waals surface area contributed by atoms with Crippen LogP contribution in [-0.2, 0) is 0 Å². The number of benzene rings is 2. The monoisotopic (exact) mass is 250 g/mol. The van der Waals surface area contributed by atoms with Crippen molar-refractivity contribution in [2.24, 2.45) is 0 Å². The molecule has 0 atom stereocenters. The fourth-order valence-electron chi connectivity index (χ4n) is 2.22. The molecule has 0 fully saturated rings. The summed E-state index contributed by atoms with van der Waals surface area (Å²) in [4.78, 5) is 5.67. The van der Waals surface area contributed by atoms with E-state index in [2.05, 4.69) is 58.0 Å². The van der Waals surface area contributed by atoms with E-state index in [1.165, 1.54) is 16.3 Å². The molecular weight excluding hydrogens is 240 g/mol.